The van der Waals surface area contributed by atoms with E-state index in [-0.39, 0.29) is 0 Å². The fourth-order valence-electron chi connectivity index (χ4n) is 1.98. The number of hydrogen-bond donors (Lipinski definition) is 2. The highest BCUT2D eigenvalue weighted by atomic mass is 32.2. The van der Waals surface area contributed by atoms with Crippen molar-refractivity contribution >= 4 is 10.0 Å². The zero-order valence-electron chi connectivity index (χ0n) is 12.6. The van der Waals surface area contributed by atoms with E-state index in [1.807, 2.05) is 30.5 Å². The van der Waals surface area contributed by atoms with Crippen molar-refractivity contribution < 1.29 is 8.42 Å². The second-order valence-electron chi connectivity index (χ2n) is 5.12. The van der Waals surface area contributed by atoms with Crippen LogP contribution < -0.4 is 10.5 Å². The molecule has 0 unspecified atom stereocenters. The number of sulfonamides is 1. The van der Waals surface area contributed by atoms with Crippen molar-refractivity contribution in [3.05, 3.63) is 18.0 Å². The Hall–Kier alpha value is -0.890. The average Bonchev–Trinajstić information content (AvgIpc) is 2.79. The molecule has 0 atom stereocenters. The minimum Gasteiger partial charge on any atom is -0.349 e. The number of nitrogens with one attached hydrogen (secondary N) is 1. The second-order valence-corrected chi connectivity index (χ2v) is 6.89. The van der Waals surface area contributed by atoms with Gasteiger partial charge < -0.3 is 15.2 Å². The molecule has 0 spiro atoms. The van der Waals surface area contributed by atoms with Crippen LogP contribution in [0.4, 0.5) is 0 Å². The molecule has 0 saturated carbocycles. The molecule has 0 fully saturated rings. The highest BCUT2D eigenvalue weighted by Crippen LogP contribution is 2.14. The summed E-state index contributed by atoms with van der Waals surface area (Å²) < 4.78 is 28.9. The van der Waals surface area contributed by atoms with Gasteiger partial charge >= 0.3 is 0 Å². The summed E-state index contributed by atoms with van der Waals surface area (Å²) in [5.74, 6) is 0. The molecule has 0 aliphatic heterocycles. The van der Waals surface area contributed by atoms with Crippen molar-refractivity contribution in [3.8, 4) is 0 Å². The summed E-state index contributed by atoms with van der Waals surface area (Å²) in [5.41, 5.74) is 6.50. The van der Waals surface area contributed by atoms with E-state index in [2.05, 4.69) is 4.72 Å². The molecule has 1 aromatic rings. The number of aryl methyl sites for hydroxylation is 1. The third-order valence-corrected chi connectivity index (χ3v) is 4.45. The SMILES string of the molecule is CCCn1cc(S(=O)(=O)NCCCN(C)C)cc1CN. The first-order valence-corrected chi connectivity index (χ1v) is 8.42. The van der Waals surface area contributed by atoms with Gasteiger partial charge in [0.15, 0.2) is 0 Å². The molecule has 116 valence electrons. The third kappa shape index (κ3) is 4.90. The van der Waals surface area contributed by atoms with E-state index in [0.717, 1.165) is 31.6 Å². The van der Waals surface area contributed by atoms with Gasteiger partial charge in [-0.1, -0.05) is 6.92 Å². The predicted octanol–water partition coefficient (Wildman–Crippen LogP) is 0.587. The Morgan fingerprint density at radius 2 is 2.10 bits per heavy atom. The lowest BCUT2D eigenvalue weighted by atomic mass is 10.4. The third-order valence-electron chi connectivity index (χ3n) is 3.02. The molecule has 0 bridgehead atoms. The van der Waals surface area contributed by atoms with Crippen LogP contribution in [-0.4, -0.2) is 45.1 Å². The van der Waals surface area contributed by atoms with Crippen LogP contribution in [0, 0.1) is 0 Å². The number of nitrogens with two attached hydrogens (primary N) is 1. The monoisotopic (exact) mass is 302 g/mol. The summed E-state index contributed by atoms with van der Waals surface area (Å²) in [7, 11) is 0.497. The Labute approximate surface area is 122 Å². The van der Waals surface area contributed by atoms with E-state index >= 15 is 0 Å². The summed E-state index contributed by atoms with van der Waals surface area (Å²) in [5, 5.41) is 0. The van der Waals surface area contributed by atoms with Gasteiger partial charge in [0.05, 0.1) is 4.90 Å². The van der Waals surface area contributed by atoms with E-state index in [9.17, 15) is 8.42 Å². The molecule has 0 saturated heterocycles. The number of nitrogens with zero attached hydrogens (tertiary/aromatic N) is 2. The van der Waals surface area contributed by atoms with Gasteiger partial charge in [-0.25, -0.2) is 13.1 Å². The van der Waals surface area contributed by atoms with E-state index in [4.69, 9.17) is 5.73 Å². The Balaban J connectivity index is 2.71. The van der Waals surface area contributed by atoms with Crippen molar-refractivity contribution in [3.63, 3.8) is 0 Å². The summed E-state index contributed by atoms with van der Waals surface area (Å²) in [6, 6.07) is 1.66. The van der Waals surface area contributed by atoms with Crippen molar-refractivity contribution in [1.29, 1.82) is 0 Å². The number of rotatable bonds is 9. The van der Waals surface area contributed by atoms with Gasteiger partial charge in [-0.3, -0.25) is 0 Å². The van der Waals surface area contributed by atoms with Crippen LogP contribution in [0.1, 0.15) is 25.5 Å². The van der Waals surface area contributed by atoms with Gasteiger partial charge in [-0.05, 0) is 39.5 Å². The lowest BCUT2D eigenvalue weighted by Crippen LogP contribution is -2.27. The topological polar surface area (TPSA) is 80.4 Å². The Kier molecular flexibility index (Phi) is 6.67. The van der Waals surface area contributed by atoms with Gasteiger partial charge in [-0.2, -0.15) is 0 Å². The maximum absolute atomic E-state index is 12.2. The van der Waals surface area contributed by atoms with Crippen LogP contribution in [-0.2, 0) is 23.1 Å². The van der Waals surface area contributed by atoms with Gasteiger partial charge in [0.2, 0.25) is 10.0 Å². The van der Waals surface area contributed by atoms with E-state index in [1.165, 1.54) is 0 Å². The van der Waals surface area contributed by atoms with Gasteiger partial charge in [0, 0.05) is 31.5 Å². The van der Waals surface area contributed by atoms with Crippen molar-refractivity contribution in [1.82, 2.24) is 14.2 Å². The molecule has 1 rings (SSSR count). The molecule has 6 nitrogen and oxygen atoms in total. The Morgan fingerprint density at radius 1 is 1.40 bits per heavy atom. The fraction of sp³-hybridized carbons (Fsp3) is 0.692. The Bertz CT molecular complexity index is 508. The van der Waals surface area contributed by atoms with Crippen LogP contribution in [0.25, 0.3) is 0 Å². The first-order valence-electron chi connectivity index (χ1n) is 6.94. The molecular weight excluding hydrogens is 276 g/mol. The Morgan fingerprint density at radius 3 is 2.65 bits per heavy atom. The lowest BCUT2D eigenvalue weighted by molar-refractivity contribution is 0.400. The predicted molar refractivity (Wildman–Crippen MR) is 81.0 cm³/mol. The lowest BCUT2D eigenvalue weighted by Gasteiger charge is -2.09. The average molecular weight is 302 g/mol. The van der Waals surface area contributed by atoms with E-state index in [0.29, 0.717) is 18.0 Å². The van der Waals surface area contributed by atoms with Crippen LogP contribution >= 0.6 is 0 Å². The minimum absolute atomic E-state index is 0.302. The fourth-order valence-corrected chi connectivity index (χ4v) is 3.12. The molecule has 7 heteroatoms. The smallest absolute Gasteiger partial charge is 0.242 e. The number of aromatic nitrogens is 1. The summed E-state index contributed by atoms with van der Waals surface area (Å²) in [6.45, 7) is 4.47. The first-order chi connectivity index (χ1) is 9.40. The van der Waals surface area contributed by atoms with E-state index in [1.54, 1.807) is 12.3 Å². The first kappa shape index (κ1) is 17.2. The molecule has 0 aliphatic carbocycles. The maximum Gasteiger partial charge on any atom is 0.242 e. The zero-order chi connectivity index (χ0) is 15.2. The molecule has 20 heavy (non-hydrogen) atoms. The molecule has 0 aromatic carbocycles. The molecular formula is C13H26N4O2S. The maximum atomic E-state index is 12.2. The van der Waals surface area contributed by atoms with Crippen LogP contribution in [0.3, 0.4) is 0 Å². The standard InChI is InChI=1S/C13H26N4O2S/c1-4-7-17-11-13(9-12(17)10-14)20(18,19)15-6-5-8-16(2)3/h9,11,15H,4-8,10,14H2,1-3H3. The second kappa shape index (κ2) is 7.78. The molecule has 0 radical (unpaired) electrons. The van der Waals surface area contributed by atoms with Crippen LogP contribution in [0.15, 0.2) is 17.2 Å². The quantitative estimate of drug-likeness (QED) is 0.654. The summed E-state index contributed by atoms with van der Waals surface area (Å²) in [4.78, 5) is 2.33. The summed E-state index contributed by atoms with van der Waals surface area (Å²) in [6.07, 6.45) is 3.39. The summed E-state index contributed by atoms with van der Waals surface area (Å²) >= 11 is 0. The largest absolute Gasteiger partial charge is 0.349 e. The minimum atomic E-state index is -3.43. The van der Waals surface area contributed by atoms with Crippen LogP contribution in [0.2, 0.25) is 0 Å². The van der Waals surface area contributed by atoms with E-state index < -0.39 is 10.0 Å². The molecule has 1 heterocycles. The molecule has 3 N–H and O–H groups in total. The van der Waals surface area contributed by atoms with Gasteiger partial charge in [-0.15, -0.1) is 0 Å². The van der Waals surface area contributed by atoms with Crippen LogP contribution in [0.5, 0.6) is 0 Å². The van der Waals surface area contributed by atoms with Gasteiger partial charge in [0.25, 0.3) is 0 Å². The molecule has 0 aliphatic rings. The van der Waals surface area contributed by atoms with Crippen molar-refractivity contribution in [2.45, 2.75) is 37.8 Å². The number of hydrogen-bond acceptors (Lipinski definition) is 4. The van der Waals surface area contributed by atoms with Crippen molar-refractivity contribution in [2.24, 2.45) is 5.73 Å². The normalized spacial score (nSPS) is 12.2. The molecule has 0 amide bonds. The highest BCUT2D eigenvalue weighted by molar-refractivity contribution is 7.89. The molecule has 1 aromatic heterocycles. The zero-order valence-corrected chi connectivity index (χ0v) is 13.4. The van der Waals surface area contributed by atoms with Gasteiger partial charge in [0.1, 0.15) is 0 Å². The highest BCUT2D eigenvalue weighted by Gasteiger charge is 2.17. The van der Waals surface area contributed by atoms with Crippen molar-refractivity contribution in [2.75, 3.05) is 27.2 Å².